The molecule has 8 aromatic carbocycles. The molecular formula is C42H24O2. The lowest BCUT2D eigenvalue weighted by atomic mass is 9.85. The highest BCUT2D eigenvalue weighted by Gasteiger charge is 2.19. The van der Waals surface area contributed by atoms with E-state index in [0.717, 1.165) is 0 Å². The van der Waals surface area contributed by atoms with Gasteiger partial charge in [-0.3, -0.25) is 0 Å². The first-order valence-electron chi connectivity index (χ1n) is 25.1. The van der Waals surface area contributed by atoms with Gasteiger partial charge in [-0.05, 0) is 85.4 Å². The summed E-state index contributed by atoms with van der Waals surface area (Å²) in [5.41, 5.74) is -4.79. The molecule has 0 fully saturated rings. The average molecular weight is 585 g/mol. The standard InChI is InChI=1S/C42H24O2/c1-2-10-28-25(9-1)17-22-36-31-21-19-27(24-39(31)44-42(28)36)41-34-14-5-3-12-32(34)40(33-13-4-6-15-35(33)41)26-18-20-30-29-11-7-8-16-37(29)43-38(30)23-26/h1-24H/i1D,2D,3D,4D,5D,6D,7D,8D,9D,10D,11D,12D,13D,14D,15D,16D,17D,18D,19D,20D,21D,22D,23D,24D. The van der Waals surface area contributed by atoms with Crippen LogP contribution in [0, 0.1) is 0 Å². The van der Waals surface area contributed by atoms with E-state index in [1.807, 2.05) is 0 Å². The normalized spacial score (nSPS) is 19.7. The zero-order valence-corrected chi connectivity index (χ0v) is 21.8. The van der Waals surface area contributed by atoms with E-state index in [1.165, 1.54) is 0 Å². The maximum atomic E-state index is 9.67. The van der Waals surface area contributed by atoms with Gasteiger partial charge in [0.05, 0.1) is 32.9 Å². The fourth-order valence-electron chi connectivity index (χ4n) is 5.58. The molecule has 2 heterocycles. The second-order valence-electron chi connectivity index (χ2n) is 9.77. The summed E-state index contributed by atoms with van der Waals surface area (Å²) < 4.78 is 226. The third kappa shape index (κ3) is 3.25. The first-order chi connectivity index (χ1) is 31.8. The predicted molar refractivity (Wildman–Crippen MR) is 184 cm³/mol. The first kappa shape index (κ1) is 10.4. The number of hydrogen-bond donors (Lipinski definition) is 0. The van der Waals surface area contributed by atoms with Crippen molar-refractivity contribution in [2.45, 2.75) is 0 Å². The summed E-state index contributed by atoms with van der Waals surface area (Å²) in [5.74, 6) is 0. The van der Waals surface area contributed by atoms with Gasteiger partial charge >= 0.3 is 0 Å². The van der Waals surface area contributed by atoms with Crippen LogP contribution in [-0.4, -0.2) is 0 Å². The number of fused-ring (bicyclic) bond motifs is 10. The lowest BCUT2D eigenvalue weighted by Gasteiger charge is -2.17. The van der Waals surface area contributed by atoms with Crippen molar-refractivity contribution in [3.8, 4) is 22.3 Å². The molecule has 0 unspecified atom stereocenters. The third-order valence-electron chi connectivity index (χ3n) is 7.45. The largest absolute Gasteiger partial charge is 0.456 e. The van der Waals surface area contributed by atoms with Gasteiger partial charge in [-0.15, -0.1) is 0 Å². The van der Waals surface area contributed by atoms with Gasteiger partial charge in [0.15, 0.2) is 0 Å². The minimum Gasteiger partial charge on any atom is -0.456 e. The number of benzene rings is 8. The minimum atomic E-state index is -0.930. The van der Waals surface area contributed by atoms with Crippen molar-refractivity contribution in [3.05, 3.63) is 145 Å². The maximum absolute atomic E-state index is 9.67. The average Bonchev–Trinajstić information content (AvgIpc) is 3.92. The summed E-state index contributed by atoms with van der Waals surface area (Å²) in [6.45, 7) is 0. The van der Waals surface area contributed by atoms with Crippen molar-refractivity contribution in [2.24, 2.45) is 0 Å². The van der Waals surface area contributed by atoms with Gasteiger partial charge in [0.2, 0.25) is 0 Å². The minimum absolute atomic E-state index is 0.346. The molecule has 2 nitrogen and oxygen atoms in total. The molecule has 204 valence electrons. The van der Waals surface area contributed by atoms with Crippen LogP contribution < -0.4 is 0 Å². The Morgan fingerprint density at radius 3 is 1.43 bits per heavy atom. The second-order valence-corrected chi connectivity index (χ2v) is 9.77. The molecule has 10 rings (SSSR count). The summed E-state index contributed by atoms with van der Waals surface area (Å²) in [6, 6.07) is -19.5. The summed E-state index contributed by atoms with van der Waals surface area (Å²) in [5, 5.41) is -4.93. The molecule has 0 saturated heterocycles. The SMILES string of the molecule is [2H]c1c([2H])c([2H])c2c(oc3c([2H])c(-c4c5c([2H])c([2H])c([2H])c([2H])c5c(-c5c([2H])c([2H])c6c(oc7c8c([2H])c([2H])c([2H])c([2H])c8c([2H])c([2H])c76)c5[2H])c5c([2H])c([2H])c([2H])c([2H])c45)c([2H])c([2H])c32)c1[2H]. The Labute approximate surface area is 286 Å². The fourth-order valence-corrected chi connectivity index (χ4v) is 5.58. The van der Waals surface area contributed by atoms with E-state index >= 15 is 0 Å². The van der Waals surface area contributed by atoms with Crippen molar-refractivity contribution in [3.63, 3.8) is 0 Å². The molecule has 0 bridgehead atoms. The number of hydrogen-bond acceptors (Lipinski definition) is 2. The van der Waals surface area contributed by atoms with Crippen LogP contribution in [0.1, 0.15) is 32.9 Å². The Hall–Kier alpha value is -5.86. The zero-order valence-electron chi connectivity index (χ0n) is 45.8. The van der Waals surface area contributed by atoms with Crippen LogP contribution in [0.5, 0.6) is 0 Å². The molecule has 0 saturated carbocycles. The smallest absolute Gasteiger partial charge is 0.143 e. The van der Waals surface area contributed by atoms with Crippen molar-refractivity contribution in [1.29, 1.82) is 0 Å². The lowest BCUT2D eigenvalue weighted by molar-refractivity contribution is 0.669. The maximum Gasteiger partial charge on any atom is 0.143 e. The molecule has 0 aliphatic carbocycles. The Balaban J connectivity index is 1.48. The monoisotopic (exact) mass is 584 g/mol. The lowest BCUT2D eigenvalue weighted by Crippen LogP contribution is -1.90. The molecule has 2 aromatic heterocycles. The molecular weight excluding hydrogens is 536 g/mol. The number of rotatable bonds is 2. The second kappa shape index (κ2) is 8.82. The van der Waals surface area contributed by atoms with Gasteiger partial charge in [0.25, 0.3) is 0 Å². The van der Waals surface area contributed by atoms with Gasteiger partial charge in [0.1, 0.15) is 22.3 Å². The predicted octanol–water partition coefficient (Wildman–Crippen LogP) is 12.3. The molecule has 44 heavy (non-hydrogen) atoms. The molecule has 0 radical (unpaired) electrons. The van der Waals surface area contributed by atoms with Crippen molar-refractivity contribution in [1.82, 2.24) is 0 Å². The van der Waals surface area contributed by atoms with E-state index in [4.69, 9.17) is 28.0 Å². The van der Waals surface area contributed by atoms with Crippen molar-refractivity contribution in [2.75, 3.05) is 0 Å². The number of para-hydroxylation sites is 1. The van der Waals surface area contributed by atoms with Crippen LogP contribution in [0.15, 0.2) is 154 Å². The first-order valence-corrected chi connectivity index (χ1v) is 13.1. The third-order valence-corrected chi connectivity index (χ3v) is 7.45. The van der Waals surface area contributed by atoms with Crippen LogP contribution in [0.2, 0.25) is 0 Å². The van der Waals surface area contributed by atoms with E-state index in [9.17, 15) is 13.7 Å². The fraction of sp³-hybridized carbons (Fsp3) is 0. The van der Waals surface area contributed by atoms with E-state index in [1.54, 1.807) is 0 Å². The van der Waals surface area contributed by atoms with Gasteiger partial charge in [-0.2, -0.15) is 0 Å². The summed E-state index contributed by atoms with van der Waals surface area (Å²) in [7, 11) is 0. The van der Waals surface area contributed by atoms with Crippen LogP contribution in [-0.2, 0) is 0 Å². The van der Waals surface area contributed by atoms with Crippen LogP contribution in [0.25, 0.3) is 98.4 Å². The van der Waals surface area contributed by atoms with Crippen molar-refractivity contribution < 1.29 is 41.7 Å². The van der Waals surface area contributed by atoms with Gasteiger partial charge in [0, 0.05) is 26.9 Å². The highest BCUT2D eigenvalue weighted by molar-refractivity contribution is 6.23. The van der Waals surface area contributed by atoms with Gasteiger partial charge < -0.3 is 8.83 Å². The highest BCUT2D eigenvalue weighted by atomic mass is 16.3. The van der Waals surface area contributed by atoms with E-state index < -0.39 is 227 Å². The Kier molecular flexibility index (Phi) is 2.08. The van der Waals surface area contributed by atoms with Crippen LogP contribution in [0.3, 0.4) is 0 Å². The van der Waals surface area contributed by atoms with Crippen LogP contribution in [0.4, 0.5) is 0 Å². The molecule has 0 aliphatic rings. The molecule has 0 amide bonds. The molecule has 0 aliphatic heterocycles. The molecule has 0 spiro atoms. The van der Waals surface area contributed by atoms with E-state index in [-0.39, 0.29) is 16.2 Å². The van der Waals surface area contributed by atoms with Gasteiger partial charge in [-0.1, -0.05) is 109 Å². The van der Waals surface area contributed by atoms with Crippen molar-refractivity contribution >= 4 is 76.2 Å². The topological polar surface area (TPSA) is 26.3 Å². The molecule has 2 heteroatoms. The Bertz CT molecular complexity index is 4050. The molecule has 0 atom stereocenters. The molecule has 10 aromatic rings. The number of furan rings is 2. The Morgan fingerprint density at radius 1 is 0.341 bits per heavy atom. The molecule has 0 N–H and O–H groups in total. The van der Waals surface area contributed by atoms with E-state index in [2.05, 4.69) is 0 Å². The van der Waals surface area contributed by atoms with E-state index in [0.29, 0.717) is 0 Å². The van der Waals surface area contributed by atoms with Crippen LogP contribution >= 0.6 is 0 Å². The highest BCUT2D eigenvalue weighted by Crippen LogP contribution is 2.45. The summed E-state index contributed by atoms with van der Waals surface area (Å²) in [4.78, 5) is 0. The summed E-state index contributed by atoms with van der Waals surface area (Å²) in [6.07, 6.45) is 0. The summed E-state index contributed by atoms with van der Waals surface area (Å²) >= 11 is 0. The Morgan fingerprint density at radius 2 is 0.795 bits per heavy atom. The quantitative estimate of drug-likeness (QED) is 0.189. The zero-order chi connectivity index (χ0) is 49.7. The van der Waals surface area contributed by atoms with Gasteiger partial charge in [-0.25, -0.2) is 0 Å².